The molecule has 11 nitrogen and oxygen atoms in total. The van der Waals surface area contributed by atoms with Crippen molar-refractivity contribution in [3.05, 3.63) is 72.1 Å². The third-order valence-electron chi connectivity index (χ3n) is 4.21. The van der Waals surface area contributed by atoms with Crippen molar-refractivity contribution in [2.75, 3.05) is 30.0 Å². The van der Waals surface area contributed by atoms with Gasteiger partial charge in [0.15, 0.2) is 18.1 Å². The highest BCUT2D eigenvalue weighted by atomic mass is 32.2. The molecule has 12 heteroatoms. The monoisotopic (exact) mass is 484 g/mol. The van der Waals surface area contributed by atoms with Crippen LogP contribution in [0, 0.1) is 0 Å². The minimum atomic E-state index is -3.53. The minimum absolute atomic E-state index is 0.0312. The molecule has 3 rings (SSSR count). The number of carbonyl (C=O) groups excluding carboxylic acids is 3. The van der Waals surface area contributed by atoms with Crippen LogP contribution in [-0.4, -0.2) is 56.2 Å². The van der Waals surface area contributed by atoms with Crippen molar-refractivity contribution in [2.45, 2.75) is 0 Å². The molecule has 0 fully saturated rings. The van der Waals surface area contributed by atoms with E-state index in [0.29, 0.717) is 11.3 Å². The smallest absolute Gasteiger partial charge is 0.360 e. The lowest BCUT2D eigenvalue weighted by Gasteiger charge is -2.11. The zero-order chi connectivity index (χ0) is 24.7. The Labute approximate surface area is 195 Å². The Morgan fingerprint density at radius 1 is 1.00 bits per heavy atom. The Morgan fingerprint density at radius 2 is 1.74 bits per heavy atom. The average molecular weight is 484 g/mol. The second kappa shape index (κ2) is 10.5. The Hall–Kier alpha value is -4.32. The number of hydrogen-bond donors (Lipinski definition) is 2. The summed E-state index contributed by atoms with van der Waals surface area (Å²) in [7, 11) is -2.37. The van der Waals surface area contributed by atoms with Crippen molar-refractivity contribution in [1.82, 2.24) is 9.97 Å². The minimum Gasteiger partial charge on any atom is -0.464 e. The van der Waals surface area contributed by atoms with Crippen LogP contribution in [0.25, 0.3) is 11.3 Å². The van der Waals surface area contributed by atoms with Gasteiger partial charge in [-0.25, -0.2) is 28.0 Å². The van der Waals surface area contributed by atoms with Crippen LogP contribution >= 0.6 is 0 Å². The fourth-order valence-electron chi connectivity index (χ4n) is 2.77. The predicted octanol–water partition coefficient (Wildman–Crippen LogP) is 2.10. The van der Waals surface area contributed by atoms with E-state index in [1.54, 1.807) is 24.3 Å². The van der Waals surface area contributed by atoms with Gasteiger partial charge < -0.3 is 14.8 Å². The molecular formula is C22H20N4O7S. The molecule has 176 valence electrons. The molecule has 0 spiro atoms. The lowest BCUT2D eigenvalue weighted by atomic mass is 10.1. The number of aromatic nitrogens is 2. The largest absolute Gasteiger partial charge is 0.464 e. The van der Waals surface area contributed by atoms with Gasteiger partial charge in [0.1, 0.15) is 0 Å². The SMILES string of the molecule is COC(=O)c1nc(-c2ccccc2)cnc1NC(=O)COC(=O)c1cccc(NS(C)(=O)=O)c1. The quantitative estimate of drug-likeness (QED) is 0.457. The predicted molar refractivity (Wildman–Crippen MR) is 123 cm³/mol. The third-order valence-corrected chi connectivity index (χ3v) is 4.82. The molecule has 1 heterocycles. The number of esters is 2. The summed E-state index contributed by atoms with van der Waals surface area (Å²) in [5, 5.41) is 2.37. The second-order valence-electron chi connectivity index (χ2n) is 6.89. The van der Waals surface area contributed by atoms with Gasteiger partial charge in [-0.1, -0.05) is 36.4 Å². The van der Waals surface area contributed by atoms with Gasteiger partial charge in [0.25, 0.3) is 5.91 Å². The van der Waals surface area contributed by atoms with Crippen molar-refractivity contribution in [3.8, 4) is 11.3 Å². The maximum Gasteiger partial charge on any atom is 0.360 e. The summed E-state index contributed by atoms with van der Waals surface area (Å²) < 4.78 is 34.6. The molecule has 0 aliphatic heterocycles. The van der Waals surface area contributed by atoms with E-state index in [4.69, 9.17) is 9.47 Å². The van der Waals surface area contributed by atoms with Crippen LogP contribution in [-0.2, 0) is 24.3 Å². The number of benzene rings is 2. The van der Waals surface area contributed by atoms with Crippen LogP contribution in [0.5, 0.6) is 0 Å². The Morgan fingerprint density at radius 3 is 2.41 bits per heavy atom. The van der Waals surface area contributed by atoms with Gasteiger partial charge in [-0.05, 0) is 18.2 Å². The first-order valence-corrected chi connectivity index (χ1v) is 11.6. The van der Waals surface area contributed by atoms with Crippen LogP contribution in [0.15, 0.2) is 60.8 Å². The van der Waals surface area contributed by atoms with Crippen molar-refractivity contribution in [3.63, 3.8) is 0 Å². The van der Waals surface area contributed by atoms with E-state index in [-0.39, 0.29) is 22.8 Å². The van der Waals surface area contributed by atoms with Crippen LogP contribution in [0.4, 0.5) is 11.5 Å². The Bertz CT molecular complexity index is 1330. The van der Waals surface area contributed by atoms with Crippen LogP contribution in [0.1, 0.15) is 20.8 Å². The molecule has 1 amide bonds. The van der Waals surface area contributed by atoms with Crippen molar-refractivity contribution in [2.24, 2.45) is 0 Å². The molecule has 2 aromatic carbocycles. The fraction of sp³-hybridized carbons (Fsp3) is 0.136. The number of nitrogens with zero attached hydrogens (tertiary/aromatic N) is 2. The van der Waals surface area contributed by atoms with Gasteiger partial charge in [-0.15, -0.1) is 0 Å². The number of amides is 1. The normalized spacial score (nSPS) is 10.8. The summed E-state index contributed by atoms with van der Waals surface area (Å²) in [5.41, 5.74) is 1.08. The van der Waals surface area contributed by atoms with E-state index in [0.717, 1.165) is 6.26 Å². The molecule has 0 bridgehead atoms. The zero-order valence-electron chi connectivity index (χ0n) is 18.1. The van der Waals surface area contributed by atoms with Crippen molar-refractivity contribution < 1.29 is 32.3 Å². The fourth-order valence-corrected chi connectivity index (χ4v) is 3.33. The molecule has 3 aromatic rings. The first kappa shape index (κ1) is 24.3. The van der Waals surface area contributed by atoms with Crippen LogP contribution in [0.3, 0.4) is 0 Å². The molecule has 0 aliphatic carbocycles. The van der Waals surface area contributed by atoms with E-state index in [1.807, 2.05) is 6.07 Å². The summed E-state index contributed by atoms with van der Waals surface area (Å²) in [6.07, 6.45) is 2.35. The average Bonchev–Trinajstić information content (AvgIpc) is 2.82. The number of rotatable bonds is 8. The molecule has 2 N–H and O–H groups in total. The number of hydrogen-bond acceptors (Lipinski definition) is 9. The van der Waals surface area contributed by atoms with Crippen molar-refractivity contribution >= 4 is 39.4 Å². The van der Waals surface area contributed by atoms with Gasteiger partial charge in [0.2, 0.25) is 10.0 Å². The highest BCUT2D eigenvalue weighted by molar-refractivity contribution is 7.92. The van der Waals surface area contributed by atoms with E-state index in [9.17, 15) is 22.8 Å². The number of sulfonamides is 1. The third kappa shape index (κ3) is 6.59. The number of ether oxygens (including phenoxy) is 2. The molecule has 0 aliphatic rings. The molecule has 34 heavy (non-hydrogen) atoms. The number of nitrogens with one attached hydrogen (secondary N) is 2. The summed E-state index contributed by atoms with van der Waals surface area (Å²) >= 11 is 0. The molecular weight excluding hydrogens is 464 g/mol. The molecule has 0 unspecified atom stereocenters. The molecule has 0 saturated carbocycles. The molecule has 1 aromatic heterocycles. The summed E-state index contributed by atoms with van der Waals surface area (Å²) in [6, 6.07) is 14.6. The van der Waals surface area contributed by atoms with Gasteiger partial charge in [-0.2, -0.15) is 0 Å². The van der Waals surface area contributed by atoms with E-state index in [1.165, 1.54) is 37.6 Å². The van der Waals surface area contributed by atoms with Crippen molar-refractivity contribution in [1.29, 1.82) is 0 Å². The second-order valence-corrected chi connectivity index (χ2v) is 8.64. The topological polar surface area (TPSA) is 154 Å². The maximum absolute atomic E-state index is 12.3. The van der Waals surface area contributed by atoms with Crippen LogP contribution < -0.4 is 10.0 Å². The lowest BCUT2D eigenvalue weighted by molar-refractivity contribution is -0.119. The number of methoxy groups -OCH3 is 1. The highest BCUT2D eigenvalue weighted by Gasteiger charge is 2.20. The van der Waals surface area contributed by atoms with Gasteiger partial charge in [-0.3, -0.25) is 9.52 Å². The summed E-state index contributed by atoms with van der Waals surface area (Å²) in [4.78, 5) is 45.1. The number of carbonyl (C=O) groups is 3. The van der Waals surface area contributed by atoms with Gasteiger partial charge >= 0.3 is 11.9 Å². The standard InChI is InChI=1S/C22H20N4O7S/c1-32-22(29)19-20(23-12-17(24-19)14-7-4-3-5-8-14)25-18(27)13-33-21(28)15-9-6-10-16(11-15)26-34(2,30)31/h3-12,26H,13H2,1-2H3,(H,23,25,27). The van der Waals surface area contributed by atoms with Gasteiger partial charge in [0.05, 0.1) is 30.8 Å². The summed E-state index contributed by atoms with van der Waals surface area (Å²) in [5.74, 6) is -2.60. The van der Waals surface area contributed by atoms with Crippen LogP contribution in [0.2, 0.25) is 0 Å². The van der Waals surface area contributed by atoms with E-state index in [2.05, 4.69) is 20.0 Å². The first-order valence-electron chi connectivity index (χ1n) is 9.72. The first-order chi connectivity index (χ1) is 16.2. The Balaban J connectivity index is 1.69. The Kier molecular flexibility index (Phi) is 7.53. The lowest BCUT2D eigenvalue weighted by Crippen LogP contribution is -2.23. The zero-order valence-corrected chi connectivity index (χ0v) is 19.0. The number of anilines is 2. The van der Waals surface area contributed by atoms with E-state index < -0.39 is 34.5 Å². The highest BCUT2D eigenvalue weighted by Crippen LogP contribution is 2.20. The van der Waals surface area contributed by atoms with E-state index >= 15 is 0 Å². The summed E-state index contributed by atoms with van der Waals surface area (Å²) in [6.45, 7) is -0.689. The molecule has 0 radical (unpaired) electrons. The molecule has 0 saturated heterocycles. The maximum atomic E-state index is 12.3. The molecule has 0 atom stereocenters. The van der Waals surface area contributed by atoms with Gasteiger partial charge in [0, 0.05) is 11.3 Å².